The van der Waals surface area contributed by atoms with E-state index in [9.17, 15) is 19.6 Å². The SMILES string of the molecule is COP(O)(=S)OC[C@H](NC(=O)CCOCCOCCOCCOCCC(C)C)C(=O)N1CCC(CO)CC1. The van der Waals surface area contributed by atoms with Crippen molar-refractivity contribution in [3.05, 3.63) is 0 Å². The molecule has 1 rings (SSSR count). The van der Waals surface area contributed by atoms with Gasteiger partial charge in [0.1, 0.15) is 6.04 Å². The van der Waals surface area contributed by atoms with Crippen LogP contribution in [-0.2, 0) is 49.4 Å². The standard InChI is InChI=1S/C24H47N2O10PS/c1-20(2)6-10-32-12-14-34-16-17-35-15-13-33-11-7-23(28)25-22(19-36-37(30,38)31-3)24(29)26-8-4-21(18-27)5-9-26/h20-22,27H,4-19H2,1-3H3,(H,25,28)(H,30,38)/t22-,37?/m0/s1. The van der Waals surface area contributed by atoms with Gasteiger partial charge in [0.15, 0.2) is 0 Å². The van der Waals surface area contributed by atoms with Crippen molar-refractivity contribution >= 4 is 30.3 Å². The Kier molecular flexibility index (Phi) is 19.6. The number of nitrogens with zero attached hydrogens (tertiary/aromatic N) is 1. The number of carbonyl (C=O) groups is 2. The number of aliphatic hydroxyl groups is 1. The summed E-state index contributed by atoms with van der Waals surface area (Å²) in [5.41, 5.74) is 0. The maximum Gasteiger partial charge on any atom is 0.324 e. The first kappa shape index (κ1) is 35.3. The lowest BCUT2D eigenvalue weighted by Crippen LogP contribution is -2.52. The molecule has 0 aromatic heterocycles. The monoisotopic (exact) mass is 586 g/mol. The average Bonchev–Trinajstić information content (AvgIpc) is 2.90. The van der Waals surface area contributed by atoms with Crippen molar-refractivity contribution in [3.63, 3.8) is 0 Å². The summed E-state index contributed by atoms with van der Waals surface area (Å²) in [4.78, 5) is 37.0. The van der Waals surface area contributed by atoms with Gasteiger partial charge < -0.3 is 48.2 Å². The molecule has 1 fully saturated rings. The Morgan fingerprint density at radius 1 is 0.974 bits per heavy atom. The van der Waals surface area contributed by atoms with E-state index in [1.807, 2.05) is 0 Å². The lowest BCUT2D eigenvalue weighted by Gasteiger charge is -2.34. The van der Waals surface area contributed by atoms with Gasteiger partial charge in [0.2, 0.25) is 11.8 Å². The van der Waals surface area contributed by atoms with E-state index in [2.05, 4.69) is 19.2 Å². The Morgan fingerprint density at radius 2 is 1.50 bits per heavy atom. The van der Waals surface area contributed by atoms with E-state index in [-0.39, 0.29) is 38.1 Å². The second-order valence-corrected chi connectivity index (χ2v) is 12.3. The number of hydrogen-bond donors (Lipinski definition) is 3. The quantitative estimate of drug-likeness (QED) is 0.124. The Labute approximate surface area is 231 Å². The van der Waals surface area contributed by atoms with E-state index in [4.69, 9.17) is 39.8 Å². The van der Waals surface area contributed by atoms with Crippen molar-refractivity contribution in [1.29, 1.82) is 0 Å². The summed E-state index contributed by atoms with van der Waals surface area (Å²) in [6.07, 6.45) is 2.43. The summed E-state index contributed by atoms with van der Waals surface area (Å²) in [6.45, 7) is 5.11. The van der Waals surface area contributed by atoms with Crippen LogP contribution in [0.1, 0.15) is 39.5 Å². The highest BCUT2D eigenvalue weighted by atomic mass is 32.5. The van der Waals surface area contributed by atoms with Crippen LogP contribution in [0.2, 0.25) is 0 Å². The van der Waals surface area contributed by atoms with Crippen LogP contribution >= 0.6 is 6.72 Å². The van der Waals surface area contributed by atoms with E-state index < -0.39 is 18.7 Å². The number of amides is 2. The van der Waals surface area contributed by atoms with E-state index in [0.29, 0.717) is 71.5 Å². The molecule has 38 heavy (non-hydrogen) atoms. The van der Waals surface area contributed by atoms with Gasteiger partial charge in [0.05, 0.1) is 52.9 Å². The molecule has 1 heterocycles. The van der Waals surface area contributed by atoms with Crippen molar-refractivity contribution in [1.82, 2.24) is 10.2 Å². The van der Waals surface area contributed by atoms with Crippen LogP contribution in [0.15, 0.2) is 0 Å². The van der Waals surface area contributed by atoms with Crippen LogP contribution in [0.4, 0.5) is 0 Å². The molecule has 0 aromatic rings. The topological polar surface area (TPSA) is 145 Å². The lowest BCUT2D eigenvalue weighted by molar-refractivity contribution is -0.139. The number of aliphatic hydroxyl groups excluding tert-OH is 1. The van der Waals surface area contributed by atoms with Crippen molar-refractivity contribution < 1.29 is 47.6 Å². The predicted octanol–water partition coefficient (Wildman–Crippen LogP) is 1.08. The first-order chi connectivity index (χ1) is 18.2. The number of carbonyl (C=O) groups excluding carboxylic acids is 2. The summed E-state index contributed by atoms with van der Waals surface area (Å²) in [5.74, 6) is 0.0589. The lowest BCUT2D eigenvalue weighted by atomic mass is 9.97. The van der Waals surface area contributed by atoms with Gasteiger partial charge in [-0.25, -0.2) is 0 Å². The summed E-state index contributed by atoms with van der Waals surface area (Å²) >= 11 is 4.84. The highest BCUT2D eigenvalue weighted by molar-refractivity contribution is 8.07. The molecule has 1 aliphatic rings. The summed E-state index contributed by atoms with van der Waals surface area (Å²) in [6, 6.07) is -1.03. The molecular formula is C24H47N2O10PS. The third-order valence-electron chi connectivity index (χ3n) is 5.88. The van der Waals surface area contributed by atoms with Crippen molar-refractivity contribution in [3.8, 4) is 0 Å². The first-order valence-electron chi connectivity index (χ1n) is 13.2. The molecule has 2 atom stereocenters. The fourth-order valence-corrected chi connectivity index (χ4v) is 4.09. The number of hydrogen-bond acceptors (Lipinski definition) is 10. The zero-order valence-electron chi connectivity index (χ0n) is 23.0. The van der Waals surface area contributed by atoms with Gasteiger partial charge in [-0.2, -0.15) is 0 Å². The normalized spacial score (nSPS) is 16.9. The number of likely N-dealkylation sites (tertiary alicyclic amines) is 1. The first-order valence-corrected chi connectivity index (χ1v) is 15.8. The molecule has 14 heteroatoms. The second kappa shape index (κ2) is 21.1. The Hall–Kier alpha value is -0.730. The fraction of sp³-hybridized carbons (Fsp3) is 0.917. The third kappa shape index (κ3) is 17.1. The van der Waals surface area contributed by atoms with Gasteiger partial charge in [0.25, 0.3) is 0 Å². The van der Waals surface area contributed by atoms with Crippen LogP contribution in [0.25, 0.3) is 0 Å². The zero-order chi connectivity index (χ0) is 28.2. The minimum Gasteiger partial charge on any atom is -0.396 e. The number of nitrogens with one attached hydrogen (secondary N) is 1. The van der Waals surface area contributed by atoms with Crippen molar-refractivity contribution in [2.45, 2.75) is 45.6 Å². The third-order valence-corrected chi connectivity index (χ3v) is 7.58. The van der Waals surface area contributed by atoms with E-state index in [1.165, 1.54) is 7.11 Å². The van der Waals surface area contributed by atoms with Gasteiger partial charge in [0, 0.05) is 39.8 Å². The predicted molar refractivity (Wildman–Crippen MR) is 145 cm³/mol. The maximum atomic E-state index is 13.0. The maximum absolute atomic E-state index is 13.0. The van der Waals surface area contributed by atoms with Crippen LogP contribution in [0, 0.1) is 11.8 Å². The second-order valence-electron chi connectivity index (χ2n) is 9.40. The minimum atomic E-state index is -3.50. The van der Waals surface area contributed by atoms with Gasteiger partial charge in [-0.1, -0.05) is 13.8 Å². The van der Waals surface area contributed by atoms with Crippen molar-refractivity contribution in [2.24, 2.45) is 11.8 Å². The zero-order valence-corrected chi connectivity index (χ0v) is 24.7. The Bertz CT molecular complexity index is 695. The van der Waals surface area contributed by atoms with Crippen LogP contribution < -0.4 is 5.32 Å². The number of piperidine rings is 1. The smallest absolute Gasteiger partial charge is 0.324 e. The number of rotatable bonds is 22. The Balaban J connectivity index is 2.23. The molecule has 0 bridgehead atoms. The number of ether oxygens (including phenoxy) is 4. The van der Waals surface area contributed by atoms with Gasteiger partial charge in [-0.15, -0.1) is 0 Å². The molecule has 1 aliphatic heterocycles. The van der Waals surface area contributed by atoms with E-state index in [1.54, 1.807) is 4.90 Å². The molecule has 3 N–H and O–H groups in total. The largest absolute Gasteiger partial charge is 0.396 e. The van der Waals surface area contributed by atoms with E-state index >= 15 is 0 Å². The van der Waals surface area contributed by atoms with Gasteiger partial charge in [-0.3, -0.25) is 9.59 Å². The average molecular weight is 587 g/mol. The molecule has 2 amide bonds. The molecule has 1 saturated heterocycles. The minimum absolute atomic E-state index is 0.0356. The summed E-state index contributed by atoms with van der Waals surface area (Å²) < 4.78 is 31.8. The molecule has 224 valence electrons. The van der Waals surface area contributed by atoms with Crippen LogP contribution in [0.3, 0.4) is 0 Å². The molecule has 0 aromatic carbocycles. The van der Waals surface area contributed by atoms with Gasteiger partial charge in [-0.05, 0) is 42.9 Å². The fourth-order valence-electron chi connectivity index (χ4n) is 3.46. The molecule has 12 nitrogen and oxygen atoms in total. The molecule has 0 radical (unpaired) electrons. The Morgan fingerprint density at radius 3 is 2.00 bits per heavy atom. The highest BCUT2D eigenvalue weighted by Gasteiger charge is 2.31. The van der Waals surface area contributed by atoms with E-state index in [0.717, 1.165) is 13.0 Å². The van der Waals surface area contributed by atoms with Gasteiger partial charge >= 0.3 is 6.72 Å². The molecule has 0 aliphatic carbocycles. The highest BCUT2D eigenvalue weighted by Crippen LogP contribution is 2.42. The molecule has 0 spiro atoms. The summed E-state index contributed by atoms with van der Waals surface area (Å²) in [5, 5.41) is 12.0. The molecule has 0 saturated carbocycles. The molecule has 1 unspecified atom stereocenters. The summed E-state index contributed by atoms with van der Waals surface area (Å²) in [7, 11) is 1.22. The van der Waals surface area contributed by atoms with Crippen molar-refractivity contribution in [2.75, 3.05) is 86.3 Å². The molecular weight excluding hydrogens is 539 g/mol. The van der Waals surface area contributed by atoms with Crippen LogP contribution in [-0.4, -0.2) is 119 Å². The van der Waals surface area contributed by atoms with Crippen LogP contribution in [0.5, 0.6) is 0 Å².